The van der Waals surface area contributed by atoms with Crippen molar-refractivity contribution in [1.82, 2.24) is 13.9 Å². The largest absolute Gasteiger partial charge is 0.377 e. The van der Waals surface area contributed by atoms with Gasteiger partial charge in [-0.3, -0.25) is 0 Å². The van der Waals surface area contributed by atoms with E-state index in [1.807, 2.05) is 13.8 Å². The van der Waals surface area contributed by atoms with Gasteiger partial charge in [-0.05, 0) is 32.9 Å². The zero-order valence-corrected chi connectivity index (χ0v) is 13.2. The summed E-state index contributed by atoms with van der Waals surface area (Å²) in [5, 5.41) is 3.19. The highest BCUT2D eigenvalue weighted by Crippen LogP contribution is 2.21. The lowest BCUT2D eigenvalue weighted by Gasteiger charge is -2.30. The molecule has 1 heterocycles. The fraction of sp³-hybridized carbons (Fsp3) is 1.00. The number of likely N-dealkylation sites (N-methyl/N-ethyl adjacent to an activating group) is 1. The number of hydrogen-bond acceptors (Lipinski definition) is 4. The van der Waals surface area contributed by atoms with Gasteiger partial charge in [0.05, 0.1) is 12.1 Å². The van der Waals surface area contributed by atoms with Crippen molar-refractivity contribution in [1.29, 1.82) is 0 Å². The summed E-state index contributed by atoms with van der Waals surface area (Å²) >= 11 is 0. The molecular formula is C12H27N3O3S. The third-order valence-electron chi connectivity index (χ3n) is 3.64. The summed E-state index contributed by atoms with van der Waals surface area (Å²) in [4.78, 5) is 0. The molecule has 1 aliphatic rings. The molecule has 0 saturated carbocycles. The summed E-state index contributed by atoms with van der Waals surface area (Å²) in [6.45, 7) is 6.87. The average Bonchev–Trinajstić information content (AvgIpc) is 2.79. The van der Waals surface area contributed by atoms with Crippen LogP contribution in [-0.2, 0) is 14.9 Å². The molecule has 7 heteroatoms. The lowest BCUT2D eigenvalue weighted by Crippen LogP contribution is -2.47. The topological polar surface area (TPSA) is 61.9 Å². The van der Waals surface area contributed by atoms with Crippen LogP contribution in [0.1, 0.15) is 26.7 Å². The van der Waals surface area contributed by atoms with E-state index in [1.54, 1.807) is 14.1 Å². The van der Waals surface area contributed by atoms with Crippen LogP contribution in [-0.4, -0.2) is 69.5 Å². The fourth-order valence-electron chi connectivity index (χ4n) is 2.31. The maximum Gasteiger partial charge on any atom is 0.281 e. The Balaban J connectivity index is 2.53. The number of rotatable bonds is 8. The minimum absolute atomic E-state index is 0.0325. The predicted molar refractivity (Wildman–Crippen MR) is 76.3 cm³/mol. The Morgan fingerprint density at radius 3 is 2.58 bits per heavy atom. The molecule has 1 N–H and O–H groups in total. The van der Waals surface area contributed by atoms with Crippen molar-refractivity contribution in [2.75, 3.05) is 40.3 Å². The maximum atomic E-state index is 12.4. The van der Waals surface area contributed by atoms with Crippen LogP contribution in [0.4, 0.5) is 0 Å². The van der Waals surface area contributed by atoms with E-state index >= 15 is 0 Å². The second-order valence-corrected chi connectivity index (χ2v) is 7.08. The van der Waals surface area contributed by atoms with Crippen molar-refractivity contribution >= 4 is 10.2 Å². The molecule has 0 bridgehead atoms. The van der Waals surface area contributed by atoms with Crippen LogP contribution in [0, 0.1) is 0 Å². The van der Waals surface area contributed by atoms with E-state index in [0.29, 0.717) is 13.2 Å². The average molecular weight is 293 g/mol. The van der Waals surface area contributed by atoms with Gasteiger partial charge in [0.1, 0.15) is 0 Å². The van der Waals surface area contributed by atoms with Crippen molar-refractivity contribution in [2.45, 2.75) is 38.8 Å². The molecule has 6 nitrogen and oxygen atoms in total. The molecule has 19 heavy (non-hydrogen) atoms. The summed E-state index contributed by atoms with van der Waals surface area (Å²) in [5.74, 6) is 0. The first-order chi connectivity index (χ1) is 8.91. The van der Waals surface area contributed by atoms with Gasteiger partial charge in [0.2, 0.25) is 0 Å². The number of hydrogen-bond donors (Lipinski definition) is 1. The van der Waals surface area contributed by atoms with Gasteiger partial charge >= 0.3 is 0 Å². The summed E-state index contributed by atoms with van der Waals surface area (Å²) in [7, 11) is -0.102. The molecule has 1 saturated heterocycles. The summed E-state index contributed by atoms with van der Waals surface area (Å²) in [6.07, 6.45) is 1.55. The van der Waals surface area contributed by atoms with Gasteiger partial charge < -0.3 is 10.1 Å². The van der Waals surface area contributed by atoms with E-state index in [2.05, 4.69) is 5.32 Å². The highest BCUT2D eigenvalue weighted by Gasteiger charge is 2.36. The van der Waals surface area contributed by atoms with Crippen molar-refractivity contribution < 1.29 is 13.2 Å². The van der Waals surface area contributed by atoms with Crippen LogP contribution in [0.5, 0.6) is 0 Å². The summed E-state index contributed by atoms with van der Waals surface area (Å²) in [5.41, 5.74) is 0. The quantitative estimate of drug-likeness (QED) is 0.653. The Morgan fingerprint density at radius 1 is 1.37 bits per heavy atom. The summed E-state index contributed by atoms with van der Waals surface area (Å²) < 4.78 is 33.1. The third kappa shape index (κ3) is 4.39. The van der Waals surface area contributed by atoms with E-state index in [1.165, 1.54) is 8.61 Å². The molecule has 0 aromatic rings. The van der Waals surface area contributed by atoms with Gasteiger partial charge in [0.15, 0.2) is 0 Å². The molecule has 1 aliphatic heterocycles. The van der Waals surface area contributed by atoms with Crippen LogP contribution in [0.15, 0.2) is 0 Å². The van der Waals surface area contributed by atoms with E-state index < -0.39 is 10.2 Å². The molecule has 1 fully saturated rings. The monoisotopic (exact) mass is 293 g/mol. The Morgan fingerprint density at radius 2 is 2.05 bits per heavy atom. The minimum atomic E-state index is -3.38. The molecule has 0 aromatic heterocycles. The van der Waals surface area contributed by atoms with Gasteiger partial charge in [0, 0.05) is 27.2 Å². The van der Waals surface area contributed by atoms with Crippen LogP contribution in [0.25, 0.3) is 0 Å². The zero-order valence-electron chi connectivity index (χ0n) is 12.4. The maximum absolute atomic E-state index is 12.4. The number of nitrogens with one attached hydrogen (secondary N) is 1. The Bertz CT molecular complexity index is 361. The molecule has 1 rings (SSSR count). The van der Waals surface area contributed by atoms with Crippen molar-refractivity contribution in [3.05, 3.63) is 0 Å². The molecular weight excluding hydrogens is 266 g/mol. The lowest BCUT2D eigenvalue weighted by molar-refractivity contribution is 0.101. The normalized spacial score (nSPS) is 24.5. The molecule has 0 radical (unpaired) electrons. The van der Waals surface area contributed by atoms with Gasteiger partial charge in [-0.2, -0.15) is 17.0 Å². The van der Waals surface area contributed by atoms with Crippen molar-refractivity contribution in [3.63, 3.8) is 0 Å². The van der Waals surface area contributed by atoms with E-state index in [0.717, 1.165) is 25.9 Å². The SMILES string of the molecule is CCNCCCN(C)S(=O)(=O)N(C)C1CCOC1C. The highest BCUT2D eigenvalue weighted by atomic mass is 32.2. The first-order valence-corrected chi connectivity index (χ1v) is 8.32. The van der Waals surface area contributed by atoms with Gasteiger partial charge in [-0.1, -0.05) is 6.92 Å². The molecule has 2 unspecified atom stereocenters. The second kappa shape index (κ2) is 7.54. The van der Waals surface area contributed by atoms with E-state index in [4.69, 9.17) is 4.74 Å². The Kier molecular flexibility index (Phi) is 6.68. The van der Waals surface area contributed by atoms with E-state index in [-0.39, 0.29) is 12.1 Å². The van der Waals surface area contributed by atoms with Gasteiger partial charge in [-0.25, -0.2) is 0 Å². The smallest absolute Gasteiger partial charge is 0.281 e. The Hall–Kier alpha value is -0.210. The molecule has 2 atom stereocenters. The summed E-state index contributed by atoms with van der Waals surface area (Å²) in [6, 6.07) is -0.0544. The molecule has 0 spiro atoms. The van der Waals surface area contributed by atoms with Gasteiger partial charge in [0.25, 0.3) is 10.2 Å². The van der Waals surface area contributed by atoms with Crippen molar-refractivity contribution in [3.8, 4) is 0 Å². The Labute approximate surface area is 117 Å². The third-order valence-corrected chi connectivity index (χ3v) is 5.61. The molecule has 114 valence electrons. The first kappa shape index (κ1) is 16.8. The van der Waals surface area contributed by atoms with E-state index in [9.17, 15) is 8.42 Å². The minimum Gasteiger partial charge on any atom is -0.377 e. The molecule has 0 aliphatic carbocycles. The zero-order chi connectivity index (χ0) is 14.5. The first-order valence-electron chi connectivity index (χ1n) is 6.92. The molecule has 0 amide bonds. The van der Waals surface area contributed by atoms with Crippen molar-refractivity contribution in [2.24, 2.45) is 0 Å². The van der Waals surface area contributed by atoms with Crippen LogP contribution in [0.3, 0.4) is 0 Å². The van der Waals surface area contributed by atoms with Crippen LogP contribution < -0.4 is 5.32 Å². The fourth-order valence-corrected chi connectivity index (χ4v) is 3.73. The lowest BCUT2D eigenvalue weighted by atomic mass is 10.2. The number of nitrogens with zero attached hydrogens (tertiary/aromatic N) is 2. The molecule has 0 aromatic carbocycles. The van der Waals surface area contributed by atoms with Crippen LogP contribution in [0.2, 0.25) is 0 Å². The predicted octanol–water partition coefficient (Wildman–Crippen LogP) is 0.272. The van der Waals surface area contributed by atoms with Crippen LogP contribution >= 0.6 is 0 Å². The second-order valence-electron chi connectivity index (χ2n) is 4.98. The van der Waals surface area contributed by atoms with Gasteiger partial charge in [-0.15, -0.1) is 0 Å². The standard InChI is InChI=1S/C12H27N3O3S/c1-5-13-8-6-9-14(3)19(16,17)15(4)12-7-10-18-11(12)2/h11-13H,5-10H2,1-4H3. The highest BCUT2D eigenvalue weighted by molar-refractivity contribution is 7.86. The number of ether oxygens (including phenoxy) is 1.